The first-order valence-corrected chi connectivity index (χ1v) is 7.63. The van der Waals surface area contributed by atoms with E-state index in [9.17, 15) is 0 Å². The van der Waals surface area contributed by atoms with E-state index in [-0.39, 0.29) is 0 Å². The highest BCUT2D eigenvalue weighted by molar-refractivity contribution is 4.89. The van der Waals surface area contributed by atoms with Gasteiger partial charge in [-0.15, -0.1) is 0 Å². The van der Waals surface area contributed by atoms with Crippen molar-refractivity contribution in [1.29, 1.82) is 0 Å². The fourth-order valence-electron chi connectivity index (χ4n) is 3.43. The third-order valence-corrected chi connectivity index (χ3v) is 4.95. The summed E-state index contributed by atoms with van der Waals surface area (Å²) in [4.78, 5) is 5.23. The van der Waals surface area contributed by atoms with Gasteiger partial charge in [0.1, 0.15) is 0 Å². The molecule has 3 nitrogen and oxygen atoms in total. The molecule has 2 aliphatic rings. The molecule has 0 radical (unpaired) electrons. The normalized spacial score (nSPS) is 30.8. The van der Waals surface area contributed by atoms with Gasteiger partial charge in [0.25, 0.3) is 0 Å². The fraction of sp³-hybridized carbons (Fsp3) is 1.00. The first-order valence-electron chi connectivity index (χ1n) is 7.63. The topological polar surface area (TPSA) is 18.5 Å². The summed E-state index contributed by atoms with van der Waals surface area (Å²) in [6.45, 7) is 14.6. The Balaban J connectivity index is 1.94. The molecule has 0 saturated carbocycles. The van der Waals surface area contributed by atoms with Crippen molar-refractivity contribution >= 4 is 0 Å². The van der Waals surface area contributed by atoms with E-state index in [1.165, 1.54) is 52.1 Å². The maximum atomic E-state index is 3.55. The zero-order valence-electron chi connectivity index (χ0n) is 12.7. The van der Waals surface area contributed by atoms with Gasteiger partial charge in [-0.25, -0.2) is 0 Å². The number of hydrogen-bond donors (Lipinski definition) is 1. The number of piperidine rings is 1. The average molecular weight is 253 g/mol. The number of hydrogen-bond acceptors (Lipinski definition) is 3. The van der Waals surface area contributed by atoms with Crippen LogP contribution < -0.4 is 5.32 Å². The van der Waals surface area contributed by atoms with Crippen LogP contribution in [0, 0.1) is 11.3 Å². The molecule has 0 bridgehead atoms. The highest BCUT2D eigenvalue weighted by Crippen LogP contribution is 2.32. The molecule has 0 aromatic heterocycles. The van der Waals surface area contributed by atoms with E-state index in [1.54, 1.807) is 0 Å². The summed E-state index contributed by atoms with van der Waals surface area (Å²) in [6, 6.07) is 0.732. The molecule has 18 heavy (non-hydrogen) atoms. The Morgan fingerprint density at radius 2 is 1.89 bits per heavy atom. The monoisotopic (exact) mass is 253 g/mol. The lowest BCUT2D eigenvalue weighted by molar-refractivity contribution is 0.0400. The number of rotatable bonds is 3. The summed E-state index contributed by atoms with van der Waals surface area (Å²) in [5.74, 6) is 0.757. The van der Waals surface area contributed by atoms with Crippen LogP contribution in [0.2, 0.25) is 0 Å². The molecule has 1 atom stereocenters. The van der Waals surface area contributed by atoms with Gasteiger partial charge < -0.3 is 10.2 Å². The number of nitrogens with zero attached hydrogens (tertiary/aromatic N) is 2. The van der Waals surface area contributed by atoms with Crippen molar-refractivity contribution in [3.05, 3.63) is 0 Å². The molecule has 0 amide bonds. The quantitative estimate of drug-likeness (QED) is 0.825. The predicted octanol–water partition coefficient (Wildman–Crippen LogP) is 1.65. The second-order valence-corrected chi connectivity index (χ2v) is 7.10. The second-order valence-electron chi connectivity index (χ2n) is 7.10. The van der Waals surface area contributed by atoms with Crippen LogP contribution in [0.15, 0.2) is 0 Å². The molecule has 2 heterocycles. The molecule has 2 rings (SSSR count). The van der Waals surface area contributed by atoms with Crippen molar-refractivity contribution in [3.8, 4) is 0 Å². The van der Waals surface area contributed by atoms with Crippen molar-refractivity contribution in [1.82, 2.24) is 15.1 Å². The van der Waals surface area contributed by atoms with Gasteiger partial charge in [-0.05, 0) is 44.3 Å². The molecule has 0 spiro atoms. The maximum absolute atomic E-state index is 3.55. The van der Waals surface area contributed by atoms with Crippen LogP contribution in [0.5, 0.6) is 0 Å². The van der Waals surface area contributed by atoms with Gasteiger partial charge >= 0.3 is 0 Å². The molecule has 2 fully saturated rings. The fourth-order valence-corrected chi connectivity index (χ4v) is 3.43. The molecular weight excluding hydrogens is 222 g/mol. The zero-order chi connectivity index (χ0) is 13.2. The highest BCUT2D eigenvalue weighted by Gasteiger charge is 2.34. The Morgan fingerprint density at radius 3 is 2.50 bits per heavy atom. The van der Waals surface area contributed by atoms with Gasteiger partial charge in [-0.1, -0.05) is 20.8 Å². The lowest BCUT2D eigenvalue weighted by Crippen LogP contribution is -2.56. The van der Waals surface area contributed by atoms with Gasteiger partial charge in [-0.3, -0.25) is 4.90 Å². The molecule has 3 heteroatoms. The third kappa shape index (κ3) is 3.46. The van der Waals surface area contributed by atoms with Crippen LogP contribution in [-0.4, -0.2) is 62.2 Å². The van der Waals surface area contributed by atoms with Crippen molar-refractivity contribution in [2.45, 2.75) is 39.7 Å². The van der Waals surface area contributed by atoms with E-state index >= 15 is 0 Å². The van der Waals surface area contributed by atoms with Crippen molar-refractivity contribution in [2.75, 3.05) is 46.3 Å². The Morgan fingerprint density at radius 1 is 1.22 bits per heavy atom. The zero-order valence-corrected chi connectivity index (χ0v) is 12.7. The van der Waals surface area contributed by atoms with Gasteiger partial charge in [0, 0.05) is 32.2 Å². The van der Waals surface area contributed by atoms with E-state index in [0.717, 1.165) is 12.0 Å². The molecule has 1 unspecified atom stereocenters. The minimum Gasteiger partial charge on any atom is -0.314 e. The minimum atomic E-state index is 0.539. The molecule has 0 aromatic carbocycles. The largest absolute Gasteiger partial charge is 0.314 e. The van der Waals surface area contributed by atoms with Gasteiger partial charge in [0.15, 0.2) is 0 Å². The third-order valence-electron chi connectivity index (χ3n) is 4.95. The first kappa shape index (κ1) is 14.3. The van der Waals surface area contributed by atoms with Crippen LogP contribution in [0.3, 0.4) is 0 Å². The standard InChI is InChI=1S/C15H31N3/c1-13(2)14-11-16-7-10-18(14)12-15(3)5-8-17(4)9-6-15/h13-14,16H,5-12H2,1-4H3. The van der Waals surface area contributed by atoms with Crippen molar-refractivity contribution in [3.63, 3.8) is 0 Å². The first-order chi connectivity index (χ1) is 8.50. The molecule has 0 aromatic rings. The van der Waals surface area contributed by atoms with Crippen molar-refractivity contribution in [2.24, 2.45) is 11.3 Å². The van der Waals surface area contributed by atoms with Gasteiger partial charge in [0.05, 0.1) is 0 Å². The van der Waals surface area contributed by atoms with E-state index in [0.29, 0.717) is 5.41 Å². The lowest BCUT2D eigenvalue weighted by Gasteiger charge is -2.46. The summed E-state index contributed by atoms with van der Waals surface area (Å²) in [5.41, 5.74) is 0.539. The maximum Gasteiger partial charge on any atom is 0.0244 e. The molecular formula is C15H31N3. The number of piperazine rings is 1. The highest BCUT2D eigenvalue weighted by atomic mass is 15.2. The van der Waals surface area contributed by atoms with E-state index in [2.05, 4.69) is 42.9 Å². The van der Waals surface area contributed by atoms with Crippen LogP contribution in [0.25, 0.3) is 0 Å². The van der Waals surface area contributed by atoms with E-state index in [4.69, 9.17) is 0 Å². The van der Waals surface area contributed by atoms with Crippen LogP contribution >= 0.6 is 0 Å². The summed E-state index contributed by atoms with van der Waals surface area (Å²) in [5, 5.41) is 3.55. The van der Waals surface area contributed by atoms with E-state index < -0.39 is 0 Å². The molecule has 106 valence electrons. The molecule has 2 aliphatic heterocycles. The molecule has 0 aliphatic carbocycles. The second kappa shape index (κ2) is 5.89. The van der Waals surface area contributed by atoms with Crippen LogP contribution in [0.4, 0.5) is 0 Å². The summed E-state index contributed by atoms with van der Waals surface area (Å²) in [6.07, 6.45) is 2.72. The van der Waals surface area contributed by atoms with Gasteiger partial charge in [0.2, 0.25) is 0 Å². The summed E-state index contributed by atoms with van der Waals surface area (Å²) >= 11 is 0. The average Bonchev–Trinajstić information content (AvgIpc) is 2.34. The Bertz CT molecular complexity index is 256. The molecule has 1 N–H and O–H groups in total. The summed E-state index contributed by atoms with van der Waals surface area (Å²) in [7, 11) is 2.25. The van der Waals surface area contributed by atoms with Crippen molar-refractivity contribution < 1.29 is 0 Å². The number of likely N-dealkylation sites (tertiary alicyclic amines) is 1. The Labute approximate surface area is 113 Å². The Kier molecular flexibility index (Phi) is 4.68. The predicted molar refractivity (Wildman–Crippen MR) is 77.9 cm³/mol. The Hall–Kier alpha value is -0.120. The SMILES string of the molecule is CC(C)C1CNCCN1CC1(C)CCN(C)CC1. The molecule has 2 saturated heterocycles. The minimum absolute atomic E-state index is 0.539. The lowest BCUT2D eigenvalue weighted by atomic mass is 9.79. The van der Waals surface area contributed by atoms with Gasteiger partial charge in [-0.2, -0.15) is 0 Å². The van der Waals surface area contributed by atoms with Crippen LogP contribution in [-0.2, 0) is 0 Å². The van der Waals surface area contributed by atoms with Crippen LogP contribution in [0.1, 0.15) is 33.6 Å². The smallest absolute Gasteiger partial charge is 0.0244 e. The summed E-state index contributed by atoms with van der Waals surface area (Å²) < 4.78 is 0. The number of nitrogens with one attached hydrogen (secondary N) is 1. The van der Waals surface area contributed by atoms with E-state index in [1.807, 2.05) is 0 Å².